The van der Waals surface area contributed by atoms with E-state index in [1.54, 1.807) is 4.68 Å². The first kappa shape index (κ1) is 27.7. The van der Waals surface area contributed by atoms with Crippen LogP contribution >= 0.6 is 0 Å². The summed E-state index contributed by atoms with van der Waals surface area (Å²) in [7, 11) is -0.653. The summed E-state index contributed by atoms with van der Waals surface area (Å²) in [4.78, 5) is 2.26. The largest absolute Gasteiger partial charge is 1.00 e. The predicted molar refractivity (Wildman–Crippen MR) is 106 cm³/mol. The number of hydrogen-bond donors (Lipinski definition) is 0. The van der Waals surface area contributed by atoms with Gasteiger partial charge in [0.1, 0.15) is 0 Å². The minimum absolute atomic E-state index is 0. The summed E-state index contributed by atoms with van der Waals surface area (Å²) >= 11 is 0. The predicted octanol–water partition coefficient (Wildman–Crippen LogP) is -3.03. The van der Waals surface area contributed by atoms with Gasteiger partial charge in [-0.1, -0.05) is 5.21 Å². The van der Waals surface area contributed by atoms with E-state index in [9.17, 15) is 4.21 Å². The number of rotatable bonds is 16. The Morgan fingerprint density at radius 2 is 1.48 bits per heavy atom. The molecule has 162 valence electrons. The second-order valence-electron chi connectivity index (χ2n) is 6.30. The molecule has 2 rings (SSSR count). The van der Waals surface area contributed by atoms with Crippen molar-refractivity contribution in [2.75, 3.05) is 84.0 Å². The third-order valence-corrected chi connectivity index (χ3v) is 5.35. The van der Waals surface area contributed by atoms with Crippen LogP contribution in [0.1, 0.15) is 5.69 Å². The molecular formula is C17H32KN5O5S. The van der Waals surface area contributed by atoms with Crippen molar-refractivity contribution < 1.29 is 74.5 Å². The molecule has 1 aromatic heterocycles. The van der Waals surface area contributed by atoms with Crippen LogP contribution in [0.25, 0.3) is 5.73 Å². The zero-order chi connectivity index (χ0) is 19.9. The Morgan fingerprint density at radius 3 is 2.07 bits per heavy atom. The van der Waals surface area contributed by atoms with Crippen molar-refractivity contribution in [3.63, 3.8) is 0 Å². The van der Waals surface area contributed by atoms with E-state index in [0.29, 0.717) is 59.4 Å². The first-order valence-corrected chi connectivity index (χ1v) is 11.2. The molecule has 1 saturated heterocycles. The average Bonchev–Trinajstić information content (AvgIpc) is 3.14. The number of aromatic nitrogens is 3. The summed E-state index contributed by atoms with van der Waals surface area (Å²) in [6.07, 6.45) is 1.94. The standard InChI is InChI=1S/C17H32N5O5S.K/c18-1-5-24-7-9-26-11-12-27-10-8-25-6-2-22-16-17(19-20-22)15-21-3-13-28(23)14-4-21;/h16,18H,1-15H2;/q-1;+1. The molecule has 1 aliphatic rings. The van der Waals surface area contributed by atoms with E-state index in [2.05, 4.69) is 15.2 Å². The second kappa shape index (κ2) is 18.3. The van der Waals surface area contributed by atoms with E-state index in [0.717, 1.165) is 36.8 Å². The van der Waals surface area contributed by atoms with Crippen LogP contribution in [0.5, 0.6) is 0 Å². The van der Waals surface area contributed by atoms with Gasteiger partial charge in [0, 0.05) is 54.7 Å². The Balaban J connectivity index is 0.00000420. The molecule has 0 spiro atoms. The van der Waals surface area contributed by atoms with E-state index in [1.807, 2.05) is 6.20 Å². The number of ether oxygens (including phenoxy) is 4. The molecule has 0 atom stereocenters. The molecule has 0 radical (unpaired) electrons. The molecular weight excluding hydrogens is 425 g/mol. The molecule has 1 N–H and O–H groups in total. The van der Waals surface area contributed by atoms with Crippen molar-refractivity contribution in [2.24, 2.45) is 0 Å². The normalized spacial score (nSPS) is 15.5. The molecule has 0 unspecified atom stereocenters. The van der Waals surface area contributed by atoms with Gasteiger partial charge >= 0.3 is 51.4 Å². The van der Waals surface area contributed by atoms with Gasteiger partial charge in [-0.15, -0.1) is 11.6 Å². The van der Waals surface area contributed by atoms with Gasteiger partial charge in [-0.2, -0.15) is 0 Å². The molecule has 1 aromatic rings. The minimum atomic E-state index is -0.653. The number of hydrogen-bond acceptors (Lipinski definition) is 8. The topological polar surface area (TPSA) is 112 Å². The monoisotopic (exact) mass is 457 g/mol. The molecule has 29 heavy (non-hydrogen) atoms. The van der Waals surface area contributed by atoms with Gasteiger partial charge in [0.05, 0.1) is 58.5 Å². The number of nitrogens with zero attached hydrogens (tertiary/aromatic N) is 4. The van der Waals surface area contributed by atoms with Crippen molar-refractivity contribution in [1.82, 2.24) is 19.9 Å². The van der Waals surface area contributed by atoms with Crippen LogP contribution < -0.4 is 51.4 Å². The zero-order valence-electron chi connectivity index (χ0n) is 17.4. The molecule has 2 heterocycles. The molecule has 10 nitrogen and oxygen atoms in total. The number of nitrogens with one attached hydrogen (secondary N) is 1. The average molecular weight is 458 g/mol. The second-order valence-corrected chi connectivity index (χ2v) is 7.99. The molecule has 1 fully saturated rings. The fourth-order valence-corrected chi connectivity index (χ4v) is 3.70. The summed E-state index contributed by atoms with van der Waals surface area (Å²) in [5.74, 6) is 1.49. The van der Waals surface area contributed by atoms with E-state index in [1.165, 1.54) is 0 Å². The van der Waals surface area contributed by atoms with E-state index in [-0.39, 0.29) is 57.9 Å². The Morgan fingerprint density at radius 1 is 0.931 bits per heavy atom. The quantitative estimate of drug-likeness (QED) is 0.190. The zero-order valence-corrected chi connectivity index (χ0v) is 21.4. The molecule has 0 saturated carbocycles. The van der Waals surface area contributed by atoms with Crippen LogP contribution in [0.15, 0.2) is 6.20 Å². The van der Waals surface area contributed by atoms with Crippen LogP contribution in [-0.4, -0.2) is 108 Å². The summed E-state index contributed by atoms with van der Waals surface area (Å²) in [5.41, 5.74) is 7.86. The summed E-state index contributed by atoms with van der Waals surface area (Å²) in [5, 5.41) is 8.32. The molecule has 0 aliphatic carbocycles. The van der Waals surface area contributed by atoms with Crippen molar-refractivity contribution >= 4 is 10.8 Å². The van der Waals surface area contributed by atoms with Crippen LogP contribution in [0.4, 0.5) is 0 Å². The van der Waals surface area contributed by atoms with Crippen molar-refractivity contribution in [3.05, 3.63) is 17.6 Å². The third-order valence-electron chi connectivity index (χ3n) is 4.07. The Kier molecular flexibility index (Phi) is 17.5. The van der Waals surface area contributed by atoms with Crippen LogP contribution in [0, 0.1) is 0 Å². The molecule has 1 aliphatic heterocycles. The SMILES string of the molecule is [K+].[NH-]CCOCCOCCOCCOCCn1cc(CN2CCS(=O)CC2)nn1. The van der Waals surface area contributed by atoms with Gasteiger partial charge in [-0.25, -0.2) is 4.68 Å². The van der Waals surface area contributed by atoms with E-state index in [4.69, 9.17) is 24.7 Å². The van der Waals surface area contributed by atoms with Crippen LogP contribution in [0.3, 0.4) is 0 Å². The Bertz CT molecular complexity index is 544. The van der Waals surface area contributed by atoms with Gasteiger partial charge in [0.25, 0.3) is 0 Å². The maximum Gasteiger partial charge on any atom is 1.00 e. The summed E-state index contributed by atoms with van der Waals surface area (Å²) in [6, 6.07) is 0. The van der Waals surface area contributed by atoms with E-state index < -0.39 is 10.8 Å². The van der Waals surface area contributed by atoms with Crippen LogP contribution in [0.2, 0.25) is 0 Å². The smallest absolute Gasteiger partial charge is 0.676 e. The maximum atomic E-state index is 11.4. The summed E-state index contributed by atoms with van der Waals surface area (Å²) < 4.78 is 34.6. The molecule has 0 amide bonds. The van der Waals surface area contributed by atoms with Gasteiger partial charge in [-0.3, -0.25) is 9.11 Å². The first-order valence-electron chi connectivity index (χ1n) is 9.70. The van der Waals surface area contributed by atoms with Gasteiger partial charge < -0.3 is 24.7 Å². The van der Waals surface area contributed by atoms with Gasteiger partial charge in [0.15, 0.2) is 0 Å². The van der Waals surface area contributed by atoms with Crippen molar-refractivity contribution in [2.45, 2.75) is 13.1 Å². The third kappa shape index (κ3) is 13.7. The van der Waals surface area contributed by atoms with Gasteiger partial charge in [0.2, 0.25) is 0 Å². The van der Waals surface area contributed by atoms with Crippen LogP contribution in [-0.2, 0) is 42.8 Å². The minimum Gasteiger partial charge on any atom is -0.676 e. The fraction of sp³-hybridized carbons (Fsp3) is 0.882. The van der Waals surface area contributed by atoms with Crippen molar-refractivity contribution in [1.29, 1.82) is 0 Å². The van der Waals surface area contributed by atoms with E-state index >= 15 is 0 Å². The first-order chi connectivity index (χ1) is 13.8. The molecule has 0 bridgehead atoms. The summed E-state index contributed by atoms with van der Waals surface area (Å²) in [6.45, 7) is 7.55. The Hall–Kier alpha value is 0.686. The fourth-order valence-electron chi connectivity index (χ4n) is 2.58. The van der Waals surface area contributed by atoms with Crippen molar-refractivity contribution in [3.8, 4) is 0 Å². The van der Waals surface area contributed by atoms with Gasteiger partial charge in [-0.05, 0) is 0 Å². The maximum absolute atomic E-state index is 11.4. The molecule has 0 aromatic carbocycles. The Labute approximate surface area is 218 Å². The molecule has 12 heteroatoms.